The maximum atomic E-state index is 5.95. The molecule has 0 amide bonds. The van der Waals surface area contributed by atoms with Gasteiger partial charge in [0.15, 0.2) is 5.58 Å². The topological polar surface area (TPSA) is 47.1 Å². The number of pyridine rings is 1. The van der Waals surface area contributed by atoms with Gasteiger partial charge in [-0.1, -0.05) is 54.6 Å². The monoisotopic (exact) mass is 528 g/mol. The second-order valence-corrected chi connectivity index (χ2v) is 9.97. The Labute approximate surface area is 236 Å². The van der Waals surface area contributed by atoms with E-state index in [1.165, 1.54) is 10.8 Å². The van der Waals surface area contributed by atoms with Crippen LogP contribution in [-0.4, -0.2) is 14.5 Å². The van der Waals surface area contributed by atoms with Crippen LogP contribution in [0.2, 0.25) is 0 Å². The van der Waals surface area contributed by atoms with Crippen LogP contribution in [0.25, 0.3) is 50.0 Å². The lowest BCUT2D eigenvalue weighted by Crippen LogP contribution is -2.09. The van der Waals surface area contributed by atoms with E-state index in [1.54, 1.807) is 12.4 Å². The normalized spacial score (nSPS) is 11.4. The van der Waals surface area contributed by atoms with Crippen molar-refractivity contribution in [3.63, 3.8) is 0 Å². The van der Waals surface area contributed by atoms with Crippen molar-refractivity contribution in [2.24, 2.45) is 0 Å². The number of para-hydroxylation sites is 3. The molecule has 5 heteroatoms. The van der Waals surface area contributed by atoms with Crippen molar-refractivity contribution in [2.45, 2.75) is 0 Å². The van der Waals surface area contributed by atoms with Crippen molar-refractivity contribution in [3.05, 3.63) is 146 Å². The largest absolute Gasteiger partial charge is 0.434 e. The number of aromatic nitrogens is 3. The fourth-order valence-corrected chi connectivity index (χ4v) is 5.64. The second-order valence-electron chi connectivity index (χ2n) is 9.97. The summed E-state index contributed by atoms with van der Waals surface area (Å²) in [6.45, 7) is 0. The molecule has 0 atom stereocenters. The second kappa shape index (κ2) is 9.50. The van der Waals surface area contributed by atoms with Crippen molar-refractivity contribution in [2.75, 3.05) is 4.90 Å². The third kappa shape index (κ3) is 3.95. The van der Waals surface area contributed by atoms with Gasteiger partial charge in [0.25, 0.3) is 0 Å². The van der Waals surface area contributed by atoms with E-state index in [1.807, 2.05) is 6.07 Å². The lowest BCUT2D eigenvalue weighted by atomic mass is 10.1. The van der Waals surface area contributed by atoms with Gasteiger partial charge >= 0.3 is 0 Å². The van der Waals surface area contributed by atoms with E-state index in [2.05, 4.69) is 147 Å². The molecule has 5 aromatic carbocycles. The van der Waals surface area contributed by atoms with Crippen molar-refractivity contribution < 1.29 is 4.42 Å². The van der Waals surface area contributed by atoms with Crippen LogP contribution >= 0.6 is 0 Å². The highest BCUT2D eigenvalue weighted by Crippen LogP contribution is 2.39. The lowest BCUT2D eigenvalue weighted by molar-refractivity contribution is 0.618. The van der Waals surface area contributed by atoms with E-state index in [0.717, 1.165) is 44.9 Å². The summed E-state index contributed by atoms with van der Waals surface area (Å²) in [6, 6.07) is 46.6. The Hall–Kier alpha value is -5.68. The van der Waals surface area contributed by atoms with Crippen LogP contribution in [0.4, 0.5) is 17.1 Å². The molecule has 0 spiro atoms. The highest BCUT2D eigenvalue weighted by Gasteiger charge is 2.17. The average Bonchev–Trinajstić information content (AvgIpc) is 3.62. The Bertz CT molecular complexity index is 2070. The molecule has 0 aliphatic heterocycles. The van der Waals surface area contributed by atoms with Crippen LogP contribution in [-0.2, 0) is 0 Å². The Morgan fingerprint density at radius 3 is 2.00 bits per heavy atom. The van der Waals surface area contributed by atoms with Gasteiger partial charge in [-0.15, -0.1) is 0 Å². The first-order valence-corrected chi connectivity index (χ1v) is 13.6. The van der Waals surface area contributed by atoms with Gasteiger partial charge in [-0.25, -0.2) is 4.98 Å². The molecule has 0 aliphatic carbocycles. The zero-order valence-corrected chi connectivity index (χ0v) is 22.1. The van der Waals surface area contributed by atoms with E-state index < -0.39 is 0 Å². The number of nitrogens with zero attached hydrogens (tertiary/aromatic N) is 4. The number of rotatable bonds is 5. The summed E-state index contributed by atoms with van der Waals surface area (Å²) in [7, 11) is 0. The molecule has 194 valence electrons. The Balaban J connectivity index is 1.27. The van der Waals surface area contributed by atoms with E-state index in [4.69, 9.17) is 4.42 Å². The van der Waals surface area contributed by atoms with Crippen LogP contribution < -0.4 is 4.90 Å². The molecule has 0 saturated carbocycles. The molecule has 0 saturated heterocycles. The Kier molecular flexibility index (Phi) is 5.38. The van der Waals surface area contributed by atoms with E-state index in [0.29, 0.717) is 11.5 Å². The quantitative estimate of drug-likeness (QED) is 0.223. The molecule has 3 aromatic heterocycles. The summed E-state index contributed by atoms with van der Waals surface area (Å²) < 4.78 is 8.27. The maximum absolute atomic E-state index is 5.95. The van der Waals surface area contributed by atoms with E-state index in [-0.39, 0.29) is 0 Å². The number of benzene rings is 5. The standard InChI is InChI=1S/C36H24N4O/c1-3-9-26(10-4-1)39(27-11-5-2-6-12-27)29-19-20-34-31(23-29)30-13-7-8-14-33(30)40(34)28-17-15-25(16-18-28)36-38-32-21-22-37-24-35(32)41-36/h1-24H. The van der Waals surface area contributed by atoms with E-state index in [9.17, 15) is 0 Å². The highest BCUT2D eigenvalue weighted by molar-refractivity contribution is 6.10. The molecular formula is C36H24N4O. The lowest BCUT2D eigenvalue weighted by Gasteiger charge is -2.25. The van der Waals surface area contributed by atoms with Gasteiger partial charge in [-0.05, 0) is 78.9 Å². The first kappa shape index (κ1) is 23.2. The van der Waals surface area contributed by atoms with Crippen LogP contribution in [0.3, 0.4) is 0 Å². The van der Waals surface area contributed by atoms with Crippen molar-refractivity contribution >= 4 is 50.0 Å². The fraction of sp³-hybridized carbons (Fsp3) is 0. The SMILES string of the molecule is c1ccc(N(c2ccccc2)c2ccc3c(c2)c2ccccc2n3-c2ccc(-c3nc4ccncc4o3)cc2)cc1. The summed E-state index contributed by atoms with van der Waals surface area (Å²) in [5.74, 6) is 0.591. The molecule has 0 unspecified atom stereocenters. The molecule has 41 heavy (non-hydrogen) atoms. The number of oxazole rings is 1. The highest BCUT2D eigenvalue weighted by atomic mass is 16.3. The predicted molar refractivity (Wildman–Crippen MR) is 166 cm³/mol. The van der Waals surface area contributed by atoms with Crippen molar-refractivity contribution in [3.8, 4) is 17.1 Å². The third-order valence-electron chi connectivity index (χ3n) is 7.51. The fourth-order valence-electron chi connectivity index (χ4n) is 5.64. The molecule has 3 heterocycles. The van der Waals surface area contributed by atoms with Crippen molar-refractivity contribution in [1.82, 2.24) is 14.5 Å². The minimum Gasteiger partial charge on any atom is -0.434 e. The summed E-state index contributed by atoms with van der Waals surface area (Å²) >= 11 is 0. The van der Waals surface area contributed by atoms with Crippen LogP contribution in [0, 0.1) is 0 Å². The predicted octanol–water partition coefficient (Wildman–Crippen LogP) is 9.46. The number of hydrogen-bond acceptors (Lipinski definition) is 4. The van der Waals surface area contributed by atoms with Gasteiger partial charge in [-0.2, -0.15) is 0 Å². The first-order chi connectivity index (χ1) is 20.3. The molecule has 8 aromatic rings. The van der Waals surface area contributed by atoms with Crippen LogP contribution in [0.15, 0.2) is 150 Å². The average molecular weight is 529 g/mol. The number of hydrogen-bond donors (Lipinski definition) is 0. The Morgan fingerprint density at radius 1 is 0.585 bits per heavy atom. The summed E-state index contributed by atoms with van der Waals surface area (Å²) in [5.41, 5.74) is 9.14. The molecule has 0 radical (unpaired) electrons. The summed E-state index contributed by atoms with van der Waals surface area (Å²) in [4.78, 5) is 11.1. The van der Waals surface area contributed by atoms with Gasteiger partial charge in [0.2, 0.25) is 5.89 Å². The number of fused-ring (bicyclic) bond motifs is 4. The zero-order valence-electron chi connectivity index (χ0n) is 22.1. The summed E-state index contributed by atoms with van der Waals surface area (Å²) in [6.07, 6.45) is 3.42. The minimum atomic E-state index is 0.591. The minimum absolute atomic E-state index is 0.591. The van der Waals surface area contributed by atoms with Gasteiger partial charge in [0, 0.05) is 45.3 Å². The zero-order chi connectivity index (χ0) is 27.2. The van der Waals surface area contributed by atoms with Gasteiger partial charge < -0.3 is 13.9 Å². The maximum Gasteiger partial charge on any atom is 0.227 e. The van der Waals surface area contributed by atoms with Crippen molar-refractivity contribution in [1.29, 1.82) is 0 Å². The molecule has 5 nitrogen and oxygen atoms in total. The molecule has 8 rings (SSSR count). The van der Waals surface area contributed by atoms with Crippen LogP contribution in [0.1, 0.15) is 0 Å². The van der Waals surface area contributed by atoms with E-state index >= 15 is 0 Å². The first-order valence-electron chi connectivity index (χ1n) is 13.6. The van der Waals surface area contributed by atoms with Gasteiger partial charge in [-0.3, -0.25) is 4.98 Å². The van der Waals surface area contributed by atoms with Crippen LogP contribution in [0.5, 0.6) is 0 Å². The Morgan fingerprint density at radius 2 is 1.27 bits per heavy atom. The van der Waals surface area contributed by atoms with Gasteiger partial charge in [0.05, 0.1) is 17.2 Å². The summed E-state index contributed by atoms with van der Waals surface area (Å²) in [5, 5.41) is 2.41. The molecule has 0 bridgehead atoms. The number of anilines is 3. The third-order valence-corrected chi connectivity index (χ3v) is 7.51. The molecule has 0 fully saturated rings. The molecule has 0 N–H and O–H groups in total. The van der Waals surface area contributed by atoms with Gasteiger partial charge in [0.1, 0.15) is 5.52 Å². The molecular weight excluding hydrogens is 504 g/mol. The smallest absolute Gasteiger partial charge is 0.227 e. The molecule has 0 aliphatic rings.